The van der Waals surface area contributed by atoms with E-state index in [2.05, 4.69) is 42.3 Å². The van der Waals surface area contributed by atoms with Crippen LogP contribution in [0.15, 0.2) is 18.2 Å². The molecule has 3 aliphatic carbocycles. The standard InChI is InChI=1S/C29H44N2O2/c1-4-30-28(32)26-13-15-29(3)14-12-24-23-11-9-22(19-21(23)8-10-25(24)27(26)29)33-18-6-17-31-16-5-7-20(31)2/h9,11,19-20,24-27H,4-8,10,12-18H2,1-3H3,(H,30,32)/t20-,24-,25-,26+,27-,29-/m1/s1. The smallest absolute Gasteiger partial charge is 0.223 e. The molecular formula is C29H44N2O2. The molecule has 4 aliphatic rings. The van der Waals surface area contributed by atoms with Crippen molar-refractivity contribution >= 4 is 5.91 Å². The van der Waals surface area contributed by atoms with Gasteiger partial charge in [0.2, 0.25) is 5.91 Å². The van der Waals surface area contributed by atoms with Crippen molar-refractivity contribution < 1.29 is 9.53 Å². The number of likely N-dealkylation sites (tertiary alicyclic amines) is 1. The maximum absolute atomic E-state index is 12.9. The van der Waals surface area contributed by atoms with Crippen LogP contribution in [0.4, 0.5) is 0 Å². The van der Waals surface area contributed by atoms with E-state index in [0.29, 0.717) is 29.1 Å². The molecule has 4 heteroatoms. The predicted octanol–water partition coefficient (Wildman–Crippen LogP) is 5.55. The van der Waals surface area contributed by atoms with Gasteiger partial charge in [0, 0.05) is 25.0 Å². The van der Waals surface area contributed by atoms with Crippen LogP contribution in [0.25, 0.3) is 0 Å². The molecule has 5 rings (SSSR count). The van der Waals surface area contributed by atoms with Crippen molar-refractivity contribution in [2.75, 3.05) is 26.2 Å². The Balaban J connectivity index is 1.24. The van der Waals surface area contributed by atoms with Gasteiger partial charge in [-0.3, -0.25) is 4.79 Å². The number of ether oxygens (including phenoxy) is 1. The fourth-order valence-corrected chi connectivity index (χ4v) is 8.09. The van der Waals surface area contributed by atoms with Crippen LogP contribution < -0.4 is 10.1 Å². The van der Waals surface area contributed by atoms with E-state index in [0.717, 1.165) is 50.8 Å². The highest BCUT2D eigenvalue weighted by atomic mass is 16.5. The monoisotopic (exact) mass is 452 g/mol. The van der Waals surface area contributed by atoms with Crippen molar-refractivity contribution in [3.63, 3.8) is 0 Å². The van der Waals surface area contributed by atoms with Crippen molar-refractivity contribution in [3.05, 3.63) is 29.3 Å². The number of hydrogen-bond donors (Lipinski definition) is 1. The summed E-state index contributed by atoms with van der Waals surface area (Å²) in [6.45, 7) is 10.8. The summed E-state index contributed by atoms with van der Waals surface area (Å²) in [6, 6.07) is 7.64. The second kappa shape index (κ2) is 9.60. The third kappa shape index (κ3) is 4.45. The van der Waals surface area contributed by atoms with Gasteiger partial charge in [-0.25, -0.2) is 0 Å². The summed E-state index contributed by atoms with van der Waals surface area (Å²) in [7, 11) is 0. The molecule has 1 saturated heterocycles. The van der Waals surface area contributed by atoms with Crippen LogP contribution in [0, 0.1) is 23.2 Å². The lowest BCUT2D eigenvalue weighted by Crippen LogP contribution is -2.45. The molecule has 1 amide bonds. The molecule has 3 fully saturated rings. The molecule has 1 N–H and O–H groups in total. The molecule has 182 valence electrons. The van der Waals surface area contributed by atoms with Crippen molar-refractivity contribution in [1.29, 1.82) is 0 Å². The minimum absolute atomic E-state index is 0.213. The van der Waals surface area contributed by atoms with E-state index in [-0.39, 0.29) is 5.92 Å². The van der Waals surface area contributed by atoms with Gasteiger partial charge in [0.25, 0.3) is 0 Å². The van der Waals surface area contributed by atoms with Crippen LogP contribution in [0.1, 0.15) is 89.2 Å². The summed E-state index contributed by atoms with van der Waals surface area (Å²) in [5.41, 5.74) is 3.40. The average molecular weight is 453 g/mol. The Labute approximate surface area is 200 Å². The number of carbonyl (C=O) groups is 1. The number of rotatable bonds is 7. The zero-order valence-electron chi connectivity index (χ0n) is 21.1. The summed E-state index contributed by atoms with van der Waals surface area (Å²) in [4.78, 5) is 15.5. The first-order valence-electron chi connectivity index (χ1n) is 13.8. The Bertz CT molecular complexity index is 854. The second-order valence-electron chi connectivity index (χ2n) is 11.7. The zero-order valence-corrected chi connectivity index (χ0v) is 21.1. The molecule has 1 heterocycles. The molecule has 0 unspecified atom stereocenters. The van der Waals surface area contributed by atoms with Crippen LogP contribution in [0.3, 0.4) is 0 Å². The number of aryl methyl sites for hydroxylation is 1. The number of amides is 1. The Morgan fingerprint density at radius 2 is 2.06 bits per heavy atom. The number of nitrogens with zero attached hydrogens (tertiary/aromatic N) is 1. The van der Waals surface area contributed by atoms with Gasteiger partial charge in [0.15, 0.2) is 0 Å². The third-order valence-electron chi connectivity index (χ3n) is 9.77. The summed E-state index contributed by atoms with van der Waals surface area (Å²) < 4.78 is 6.18. The van der Waals surface area contributed by atoms with Gasteiger partial charge in [0.1, 0.15) is 5.75 Å². The molecule has 4 nitrogen and oxygen atoms in total. The Hall–Kier alpha value is -1.55. The third-order valence-corrected chi connectivity index (χ3v) is 9.77. The average Bonchev–Trinajstić information content (AvgIpc) is 3.39. The van der Waals surface area contributed by atoms with Gasteiger partial charge in [0.05, 0.1) is 6.61 Å². The lowest BCUT2D eigenvalue weighted by molar-refractivity contribution is -0.128. The molecule has 0 spiro atoms. The summed E-state index contributed by atoms with van der Waals surface area (Å²) in [6.07, 6.45) is 11.0. The predicted molar refractivity (Wildman–Crippen MR) is 134 cm³/mol. The minimum Gasteiger partial charge on any atom is -0.494 e. The topological polar surface area (TPSA) is 41.6 Å². The quantitative estimate of drug-likeness (QED) is 0.552. The van der Waals surface area contributed by atoms with Crippen molar-refractivity contribution in [3.8, 4) is 5.75 Å². The summed E-state index contributed by atoms with van der Waals surface area (Å²) >= 11 is 0. The molecule has 1 aromatic carbocycles. The summed E-state index contributed by atoms with van der Waals surface area (Å²) in [5.74, 6) is 3.38. The summed E-state index contributed by atoms with van der Waals surface area (Å²) in [5, 5.41) is 3.15. The number of carbonyl (C=O) groups excluding carboxylic acids is 1. The fourth-order valence-electron chi connectivity index (χ4n) is 8.09. The van der Waals surface area contributed by atoms with Crippen molar-refractivity contribution in [2.24, 2.45) is 23.2 Å². The van der Waals surface area contributed by atoms with Gasteiger partial charge in [-0.05, 0) is 125 Å². The van der Waals surface area contributed by atoms with Crippen molar-refractivity contribution in [2.45, 2.75) is 90.5 Å². The largest absolute Gasteiger partial charge is 0.494 e. The minimum atomic E-state index is 0.213. The van der Waals surface area contributed by atoms with Gasteiger partial charge in [-0.1, -0.05) is 13.0 Å². The molecule has 1 aromatic rings. The van der Waals surface area contributed by atoms with E-state index in [1.54, 1.807) is 5.56 Å². The van der Waals surface area contributed by atoms with Crippen LogP contribution >= 0.6 is 0 Å². The van der Waals surface area contributed by atoms with E-state index in [4.69, 9.17) is 4.74 Å². The van der Waals surface area contributed by atoms with Gasteiger partial charge >= 0.3 is 0 Å². The molecule has 0 radical (unpaired) electrons. The van der Waals surface area contributed by atoms with Crippen molar-refractivity contribution in [1.82, 2.24) is 10.2 Å². The highest BCUT2D eigenvalue weighted by molar-refractivity contribution is 5.79. The Morgan fingerprint density at radius 1 is 1.21 bits per heavy atom. The van der Waals surface area contributed by atoms with Crippen LogP contribution in [0.5, 0.6) is 5.75 Å². The lowest BCUT2D eigenvalue weighted by atomic mass is 9.54. The number of hydrogen-bond acceptors (Lipinski definition) is 3. The van der Waals surface area contributed by atoms with Crippen LogP contribution in [-0.2, 0) is 11.2 Å². The van der Waals surface area contributed by atoms with E-state index in [1.807, 2.05) is 6.92 Å². The van der Waals surface area contributed by atoms with Gasteiger partial charge in [-0.2, -0.15) is 0 Å². The highest BCUT2D eigenvalue weighted by Gasteiger charge is 2.56. The normalized spacial score (nSPS) is 35.5. The molecule has 1 aliphatic heterocycles. The van der Waals surface area contributed by atoms with E-state index >= 15 is 0 Å². The molecule has 33 heavy (non-hydrogen) atoms. The molecule has 0 bridgehead atoms. The molecule has 2 saturated carbocycles. The first-order valence-corrected chi connectivity index (χ1v) is 13.8. The lowest BCUT2D eigenvalue weighted by Gasteiger charge is -2.50. The number of fused-ring (bicyclic) bond motifs is 5. The first-order chi connectivity index (χ1) is 16.0. The number of benzene rings is 1. The molecule has 6 atom stereocenters. The fraction of sp³-hybridized carbons (Fsp3) is 0.759. The van der Waals surface area contributed by atoms with E-state index in [1.165, 1.54) is 50.6 Å². The highest BCUT2D eigenvalue weighted by Crippen LogP contribution is 2.62. The molecule has 0 aromatic heterocycles. The zero-order chi connectivity index (χ0) is 23.0. The van der Waals surface area contributed by atoms with Gasteiger partial charge < -0.3 is 15.0 Å². The van der Waals surface area contributed by atoms with E-state index < -0.39 is 0 Å². The molecular weight excluding hydrogens is 408 g/mol. The maximum atomic E-state index is 12.9. The SMILES string of the molecule is CCNC(=O)[C@H]1CC[C@@]2(C)CC[C@@H]3c4ccc(OCCCN5CCC[C@H]5C)cc4CC[C@H]3[C@H]12. The first kappa shape index (κ1) is 23.2. The Kier molecular flexibility index (Phi) is 6.75. The van der Waals surface area contributed by atoms with Crippen LogP contribution in [0.2, 0.25) is 0 Å². The number of nitrogens with one attached hydrogen (secondary N) is 1. The van der Waals surface area contributed by atoms with Gasteiger partial charge in [-0.15, -0.1) is 0 Å². The van der Waals surface area contributed by atoms with Crippen LogP contribution in [-0.4, -0.2) is 43.1 Å². The Morgan fingerprint density at radius 3 is 2.85 bits per heavy atom. The second-order valence-corrected chi connectivity index (χ2v) is 11.7. The maximum Gasteiger partial charge on any atom is 0.223 e. The van der Waals surface area contributed by atoms with E-state index in [9.17, 15) is 4.79 Å².